The van der Waals surface area contributed by atoms with Gasteiger partial charge in [-0.15, -0.1) is 0 Å². The van der Waals surface area contributed by atoms with Gasteiger partial charge in [0, 0.05) is 24.2 Å². The minimum atomic E-state index is 0.476. The Kier molecular flexibility index (Phi) is 5.27. The summed E-state index contributed by atoms with van der Waals surface area (Å²) in [4.78, 5) is 5.11. The maximum atomic E-state index is 3.69. The molecule has 2 rings (SSSR count). The molecule has 19 heavy (non-hydrogen) atoms. The Hall–Kier alpha value is -0.120. The average Bonchev–Trinajstić information content (AvgIpc) is 2.79. The molecule has 2 atom stereocenters. The van der Waals surface area contributed by atoms with Crippen molar-refractivity contribution < 1.29 is 0 Å². The number of nitrogens with zero attached hydrogens (tertiary/aromatic N) is 2. The molecule has 3 nitrogen and oxygen atoms in total. The van der Waals surface area contributed by atoms with Gasteiger partial charge in [-0.25, -0.2) is 0 Å². The zero-order valence-electron chi connectivity index (χ0n) is 13.4. The molecular formula is C16H33N3. The van der Waals surface area contributed by atoms with Crippen LogP contribution in [0.4, 0.5) is 0 Å². The lowest BCUT2D eigenvalue weighted by atomic mass is 9.75. The van der Waals surface area contributed by atoms with E-state index in [1.165, 1.54) is 58.0 Å². The predicted molar refractivity (Wildman–Crippen MR) is 82.6 cm³/mol. The Morgan fingerprint density at radius 1 is 1.16 bits per heavy atom. The SMILES string of the molecule is CCCNC1CCC(N(C)CC2(N(C)C)CCC2)C1. The first kappa shape index (κ1) is 15.3. The number of nitrogens with one attached hydrogen (secondary N) is 1. The third-order valence-corrected chi connectivity index (χ3v) is 5.49. The maximum absolute atomic E-state index is 3.69. The van der Waals surface area contributed by atoms with Crippen molar-refractivity contribution in [3.8, 4) is 0 Å². The molecule has 0 aromatic carbocycles. The van der Waals surface area contributed by atoms with Crippen LogP contribution in [0.25, 0.3) is 0 Å². The summed E-state index contributed by atoms with van der Waals surface area (Å²) in [5, 5.41) is 3.69. The fraction of sp³-hybridized carbons (Fsp3) is 1.00. The number of rotatable bonds is 7. The van der Waals surface area contributed by atoms with Gasteiger partial charge in [-0.05, 0) is 72.6 Å². The molecule has 0 radical (unpaired) electrons. The highest BCUT2D eigenvalue weighted by Crippen LogP contribution is 2.38. The zero-order chi connectivity index (χ0) is 13.9. The third-order valence-electron chi connectivity index (χ3n) is 5.49. The van der Waals surface area contributed by atoms with Crippen molar-refractivity contribution in [1.82, 2.24) is 15.1 Å². The second-order valence-electron chi connectivity index (χ2n) is 7.01. The molecule has 0 aliphatic heterocycles. The summed E-state index contributed by atoms with van der Waals surface area (Å²) in [5.41, 5.74) is 0.476. The molecule has 0 amide bonds. The molecule has 0 aromatic heterocycles. The molecule has 2 aliphatic rings. The van der Waals surface area contributed by atoms with Crippen LogP contribution in [-0.4, -0.2) is 61.7 Å². The van der Waals surface area contributed by atoms with E-state index >= 15 is 0 Å². The van der Waals surface area contributed by atoms with Crippen molar-refractivity contribution in [2.24, 2.45) is 0 Å². The second kappa shape index (κ2) is 6.55. The minimum absolute atomic E-state index is 0.476. The van der Waals surface area contributed by atoms with E-state index < -0.39 is 0 Å². The molecule has 2 aliphatic carbocycles. The molecule has 2 fully saturated rings. The Morgan fingerprint density at radius 3 is 2.42 bits per heavy atom. The molecule has 0 heterocycles. The summed E-state index contributed by atoms with van der Waals surface area (Å²) >= 11 is 0. The van der Waals surface area contributed by atoms with E-state index in [1.54, 1.807) is 0 Å². The Balaban J connectivity index is 1.79. The lowest BCUT2D eigenvalue weighted by Gasteiger charge is -2.50. The monoisotopic (exact) mass is 267 g/mol. The van der Waals surface area contributed by atoms with E-state index in [0.717, 1.165) is 12.1 Å². The summed E-state index contributed by atoms with van der Waals surface area (Å²) in [6, 6.07) is 1.57. The van der Waals surface area contributed by atoms with Crippen LogP contribution >= 0.6 is 0 Å². The quantitative estimate of drug-likeness (QED) is 0.764. The van der Waals surface area contributed by atoms with E-state index in [2.05, 4.69) is 43.2 Å². The zero-order valence-corrected chi connectivity index (χ0v) is 13.4. The Bertz CT molecular complexity index is 273. The Labute approximate surface area is 119 Å². The molecule has 3 heteroatoms. The first-order valence-electron chi connectivity index (χ1n) is 8.18. The molecule has 112 valence electrons. The van der Waals surface area contributed by atoms with Crippen molar-refractivity contribution in [2.75, 3.05) is 34.2 Å². The van der Waals surface area contributed by atoms with Crippen molar-refractivity contribution in [2.45, 2.75) is 69.5 Å². The second-order valence-corrected chi connectivity index (χ2v) is 7.01. The molecule has 0 aromatic rings. The van der Waals surface area contributed by atoms with Gasteiger partial charge in [0.1, 0.15) is 0 Å². The van der Waals surface area contributed by atoms with Gasteiger partial charge < -0.3 is 15.1 Å². The smallest absolute Gasteiger partial charge is 0.0330 e. The minimum Gasteiger partial charge on any atom is -0.314 e. The van der Waals surface area contributed by atoms with Gasteiger partial charge in [0.25, 0.3) is 0 Å². The van der Waals surface area contributed by atoms with E-state index in [1.807, 2.05) is 0 Å². The van der Waals surface area contributed by atoms with Crippen molar-refractivity contribution in [1.29, 1.82) is 0 Å². The van der Waals surface area contributed by atoms with Crippen LogP contribution < -0.4 is 5.32 Å². The van der Waals surface area contributed by atoms with Gasteiger partial charge in [-0.3, -0.25) is 0 Å². The van der Waals surface area contributed by atoms with Crippen LogP contribution in [0.3, 0.4) is 0 Å². The largest absolute Gasteiger partial charge is 0.314 e. The molecule has 1 N–H and O–H groups in total. The topological polar surface area (TPSA) is 18.5 Å². The molecule has 2 saturated carbocycles. The molecule has 0 bridgehead atoms. The predicted octanol–water partition coefficient (Wildman–Crippen LogP) is 2.32. The highest BCUT2D eigenvalue weighted by Gasteiger charge is 2.41. The molecule has 0 saturated heterocycles. The maximum Gasteiger partial charge on any atom is 0.0330 e. The van der Waals surface area contributed by atoms with Gasteiger partial charge >= 0.3 is 0 Å². The number of likely N-dealkylation sites (N-methyl/N-ethyl adjacent to an activating group) is 2. The van der Waals surface area contributed by atoms with Gasteiger partial charge in [0.2, 0.25) is 0 Å². The molecule has 2 unspecified atom stereocenters. The van der Waals surface area contributed by atoms with E-state index in [4.69, 9.17) is 0 Å². The number of hydrogen-bond donors (Lipinski definition) is 1. The molecular weight excluding hydrogens is 234 g/mol. The van der Waals surface area contributed by atoms with Gasteiger partial charge in [0.15, 0.2) is 0 Å². The first-order valence-corrected chi connectivity index (χ1v) is 8.18. The summed E-state index contributed by atoms with van der Waals surface area (Å²) in [6.07, 6.45) is 9.52. The summed E-state index contributed by atoms with van der Waals surface area (Å²) in [5.74, 6) is 0. The van der Waals surface area contributed by atoms with Crippen molar-refractivity contribution >= 4 is 0 Å². The molecule has 0 spiro atoms. The van der Waals surface area contributed by atoms with Crippen LogP contribution in [0.1, 0.15) is 51.9 Å². The summed E-state index contributed by atoms with van der Waals surface area (Å²) in [6.45, 7) is 4.69. The fourth-order valence-corrected chi connectivity index (χ4v) is 3.82. The van der Waals surface area contributed by atoms with Crippen molar-refractivity contribution in [3.05, 3.63) is 0 Å². The highest BCUT2D eigenvalue weighted by atomic mass is 15.2. The Morgan fingerprint density at radius 2 is 1.89 bits per heavy atom. The fourth-order valence-electron chi connectivity index (χ4n) is 3.82. The lowest BCUT2D eigenvalue weighted by molar-refractivity contribution is 0.0166. The van der Waals surface area contributed by atoms with Gasteiger partial charge in [0.05, 0.1) is 0 Å². The first-order chi connectivity index (χ1) is 9.07. The van der Waals surface area contributed by atoms with E-state index in [9.17, 15) is 0 Å². The third kappa shape index (κ3) is 3.50. The normalized spacial score (nSPS) is 30.0. The average molecular weight is 267 g/mol. The van der Waals surface area contributed by atoms with Crippen LogP contribution in [0.5, 0.6) is 0 Å². The summed E-state index contributed by atoms with van der Waals surface area (Å²) < 4.78 is 0. The van der Waals surface area contributed by atoms with Crippen LogP contribution in [0, 0.1) is 0 Å². The van der Waals surface area contributed by atoms with Crippen LogP contribution in [0.15, 0.2) is 0 Å². The van der Waals surface area contributed by atoms with E-state index in [-0.39, 0.29) is 0 Å². The van der Waals surface area contributed by atoms with Gasteiger partial charge in [-0.1, -0.05) is 6.92 Å². The lowest BCUT2D eigenvalue weighted by Crippen LogP contribution is -2.57. The summed E-state index contributed by atoms with van der Waals surface area (Å²) in [7, 11) is 6.86. The van der Waals surface area contributed by atoms with Crippen molar-refractivity contribution in [3.63, 3.8) is 0 Å². The standard InChI is InChI=1S/C16H33N3/c1-5-11-17-14-7-8-15(12-14)19(4)13-16(18(2)3)9-6-10-16/h14-15,17H,5-13H2,1-4H3. The van der Waals surface area contributed by atoms with Crippen LogP contribution in [0.2, 0.25) is 0 Å². The van der Waals surface area contributed by atoms with E-state index in [0.29, 0.717) is 5.54 Å². The van der Waals surface area contributed by atoms with Gasteiger partial charge in [-0.2, -0.15) is 0 Å². The number of hydrogen-bond acceptors (Lipinski definition) is 3. The van der Waals surface area contributed by atoms with Crippen LogP contribution in [-0.2, 0) is 0 Å². The highest BCUT2D eigenvalue weighted by molar-refractivity contribution is 4.99.